The first-order valence-corrected chi connectivity index (χ1v) is 17.8. The van der Waals surface area contributed by atoms with Crippen molar-refractivity contribution in [2.75, 3.05) is 27.3 Å². The van der Waals surface area contributed by atoms with E-state index in [0.717, 1.165) is 43.0 Å². The first kappa shape index (κ1) is 35.7. The summed E-state index contributed by atoms with van der Waals surface area (Å²) in [5.41, 5.74) is 0. The van der Waals surface area contributed by atoms with E-state index in [-0.39, 0.29) is 12.7 Å². The highest BCUT2D eigenvalue weighted by molar-refractivity contribution is 7.47. The summed E-state index contributed by atoms with van der Waals surface area (Å²) >= 11 is 0. The second kappa shape index (κ2) is 18.9. The van der Waals surface area contributed by atoms with E-state index in [1.807, 2.05) is 6.92 Å². The van der Waals surface area contributed by atoms with Gasteiger partial charge >= 0.3 is 13.8 Å². The molecule has 2 rings (SSSR count). The first-order chi connectivity index (χ1) is 19.0. The van der Waals surface area contributed by atoms with Gasteiger partial charge in [-0.3, -0.25) is 13.8 Å². The molecule has 9 heteroatoms. The van der Waals surface area contributed by atoms with Crippen LogP contribution < -0.4 is 0 Å². The number of carbonyl (C=O) groups excluding carboxylic acids is 1. The third kappa shape index (κ3) is 13.6. The molecule has 2 bridgehead atoms. The van der Waals surface area contributed by atoms with Crippen molar-refractivity contribution in [3.05, 3.63) is 0 Å². The molecular formula is C31H61NO7P+. The Morgan fingerprint density at radius 3 is 1.82 bits per heavy atom. The van der Waals surface area contributed by atoms with Gasteiger partial charge in [-0.25, -0.2) is 4.57 Å². The molecule has 5 unspecified atom stereocenters. The predicted molar refractivity (Wildman–Crippen MR) is 160 cm³/mol. The maximum Gasteiger partial charge on any atom is 0.472 e. The number of esters is 1. The lowest BCUT2D eigenvalue weighted by Gasteiger charge is -2.44. The lowest BCUT2D eigenvalue weighted by molar-refractivity contribution is -0.931. The Labute approximate surface area is 245 Å². The molecule has 40 heavy (non-hydrogen) atoms. The van der Waals surface area contributed by atoms with Crippen LogP contribution in [0.1, 0.15) is 136 Å². The van der Waals surface area contributed by atoms with Gasteiger partial charge in [0.15, 0.2) is 6.10 Å². The molecule has 2 fully saturated rings. The van der Waals surface area contributed by atoms with E-state index in [9.17, 15) is 14.3 Å². The zero-order valence-electron chi connectivity index (χ0n) is 26.3. The number of nitrogens with zero attached hydrogens (tertiary/aromatic N) is 1. The van der Waals surface area contributed by atoms with E-state index in [2.05, 4.69) is 21.0 Å². The Bertz CT molecular complexity index is 733. The molecule has 0 saturated carbocycles. The van der Waals surface area contributed by atoms with Crippen LogP contribution in [0.3, 0.4) is 0 Å². The van der Waals surface area contributed by atoms with Gasteiger partial charge in [0.2, 0.25) is 0 Å². The fourth-order valence-electron chi connectivity index (χ4n) is 6.45. The molecule has 1 N–H and O–H groups in total. The molecule has 0 spiro atoms. The molecule has 2 aliphatic heterocycles. The third-order valence-corrected chi connectivity index (χ3v) is 10.2. The quantitative estimate of drug-likeness (QED) is 0.0564. The molecule has 8 nitrogen and oxygen atoms in total. The smallest absolute Gasteiger partial charge is 0.457 e. The zero-order valence-corrected chi connectivity index (χ0v) is 27.2. The summed E-state index contributed by atoms with van der Waals surface area (Å²) in [5, 5.41) is 0. The summed E-state index contributed by atoms with van der Waals surface area (Å²) in [6, 6.07) is 0.891. The summed E-state index contributed by atoms with van der Waals surface area (Å²) < 4.78 is 35.8. The summed E-state index contributed by atoms with van der Waals surface area (Å²) in [4.78, 5) is 22.1. The molecule has 0 aromatic carbocycles. The Hall–Kier alpha value is -0.500. The van der Waals surface area contributed by atoms with Gasteiger partial charge in [-0.05, 0) is 13.3 Å². The fraction of sp³-hybridized carbons (Fsp3) is 0.968. The van der Waals surface area contributed by atoms with Gasteiger partial charge in [-0.1, -0.05) is 90.4 Å². The number of phosphoric acid groups is 1. The highest BCUT2D eigenvalue weighted by Gasteiger charge is 2.50. The number of fused-ring (bicyclic) bond motifs is 2. The van der Waals surface area contributed by atoms with Gasteiger partial charge in [-0.15, -0.1) is 0 Å². The van der Waals surface area contributed by atoms with E-state index in [4.69, 9.17) is 18.5 Å². The summed E-state index contributed by atoms with van der Waals surface area (Å²) in [7, 11) is 0.185. The third-order valence-electron chi connectivity index (χ3n) is 9.19. The largest absolute Gasteiger partial charge is 0.472 e. The van der Waals surface area contributed by atoms with Crippen LogP contribution in [0, 0.1) is 0 Å². The molecule has 0 aliphatic carbocycles. The fourth-order valence-corrected chi connectivity index (χ4v) is 7.40. The van der Waals surface area contributed by atoms with Crippen LogP contribution in [0.15, 0.2) is 0 Å². The molecular weight excluding hydrogens is 529 g/mol. The Morgan fingerprint density at radius 2 is 1.35 bits per heavy atom. The summed E-state index contributed by atoms with van der Waals surface area (Å²) in [6.45, 7) is 5.71. The van der Waals surface area contributed by atoms with Gasteiger partial charge in [-0.2, -0.15) is 0 Å². The van der Waals surface area contributed by atoms with E-state index in [1.165, 1.54) is 84.0 Å². The molecule has 0 amide bonds. The average molecular weight is 591 g/mol. The Kier molecular flexibility index (Phi) is 16.9. The Balaban J connectivity index is 1.56. The number of ether oxygens (including phenoxy) is 2. The van der Waals surface area contributed by atoms with Crippen LogP contribution in [0.25, 0.3) is 0 Å². The molecule has 5 atom stereocenters. The second-order valence-electron chi connectivity index (χ2n) is 12.8. The van der Waals surface area contributed by atoms with Crippen LogP contribution in [0.4, 0.5) is 0 Å². The molecule has 0 radical (unpaired) electrons. The molecule has 2 saturated heterocycles. The highest BCUT2D eigenvalue weighted by Crippen LogP contribution is 2.50. The van der Waals surface area contributed by atoms with Crippen molar-refractivity contribution >= 4 is 13.8 Å². The van der Waals surface area contributed by atoms with Gasteiger partial charge in [0.1, 0.15) is 0 Å². The standard InChI is InChI=1S/C31H60NO7P/c1-6-7-8-9-10-11-12-13-14-15-16-17-18-19-22-36-26(2)31(38-27(3)33)25-37-40(34,35)39-30-23-28-20-21-29(24-30)32(28,4)5/h26,28-31H,6-25H2,1-5H3/p+1. The lowest BCUT2D eigenvalue weighted by atomic mass is 9.98. The SMILES string of the molecule is CCCCCCCCCCCCCCCCOC(C)C(COP(=O)(O)OC1CC2CCC(C1)[N+]2(C)C)OC(C)=O. The van der Waals surface area contributed by atoms with Crippen molar-refractivity contribution < 1.29 is 37.3 Å². The van der Waals surface area contributed by atoms with Crippen molar-refractivity contribution in [1.29, 1.82) is 0 Å². The summed E-state index contributed by atoms with van der Waals surface area (Å²) in [5.74, 6) is -0.474. The first-order valence-electron chi connectivity index (χ1n) is 16.3. The van der Waals surface area contributed by atoms with Crippen molar-refractivity contribution in [2.24, 2.45) is 0 Å². The van der Waals surface area contributed by atoms with Gasteiger partial charge in [0.25, 0.3) is 0 Å². The number of hydrogen-bond donors (Lipinski definition) is 1. The minimum absolute atomic E-state index is 0.242. The number of rotatable bonds is 23. The predicted octanol–water partition coefficient (Wildman–Crippen LogP) is 7.71. The number of phosphoric ester groups is 1. The van der Waals surface area contributed by atoms with E-state index < -0.39 is 26.0 Å². The van der Waals surface area contributed by atoms with E-state index in [1.54, 1.807) is 0 Å². The van der Waals surface area contributed by atoms with E-state index >= 15 is 0 Å². The maximum absolute atomic E-state index is 12.7. The molecule has 2 heterocycles. The van der Waals surface area contributed by atoms with Crippen molar-refractivity contribution in [3.8, 4) is 0 Å². The molecule has 0 aromatic heterocycles. The number of piperidine rings is 1. The van der Waals surface area contributed by atoms with Gasteiger partial charge < -0.3 is 18.9 Å². The minimum atomic E-state index is -4.28. The Morgan fingerprint density at radius 1 is 0.875 bits per heavy atom. The van der Waals surface area contributed by atoms with Crippen LogP contribution in [-0.4, -0.2) is 73.1 Å². The molecule has 236 valence electrons. The van der Waals surface area contributed by atoms with Crippen molar-refractivity contribution in [2.45, 2.75) is 167 Å². The van der Waals surface area contributed by atoms with Crippen molar-refractivity contribution in [3.63, 3.8) is 0 Å². The molecule has 2 aliphatic rings. The maximum atomic E-state index is 12.7. The monoisotopic (exact) mass is 590 g/mol. The number of carbonyl (C=O) groups is 1. The number of hydrogen-bond acceptors (Lipinski definition) is 6. The van der Waals surface area contributed by atoms with Gasteiger partial charge in [0.05, 0.1) is 45.0 Å². The highest BCUT2D eigenvalue weighted by atomic mass is 31.2. The topological polar surface area (TPSA) is 91.3 Å². The summed E-state index contributed by atoms with van der Waals surface area (Å²) in [6.07, 6.45) is 20.4. The van der Waals surface area contributed by atoms with Crippen LogP contribution in [0.2, 0.25) is 0 Å². The second-order valence-corrected chi connectivity index (χ2v) is 14.2. The lowest BCUT2D eigenvalue weighted by Crippen LogP contribution is -2.55. The number of unbranched alkanes of at least 4 members (excludes halogenated alkanes) is 13. The minimum Gasteiger partial charge on any atom is -0.457 e. The number of quaternary nitrogens is 1. The zero-order chi connectivity index (χ0) is 29.4. The van der Waals surface area contributed by atoms with Crippen LogP contribution >= 0.6 is 7.82 Å². The molecule has 0 aromatic rings. The average Bonchev–Trinajstić information content (AvgIpc) is 3.03. The van der Waals surface area contributed by atoms with Gasteiger partial charge in [0, 0.05) is 39.2 Å². The normalized spacial score (nSPS) is 24.9. The van der Waals surface area contributed by atoms with E-state index in [0.29, 0.717) is 18.7 Å². The van der Waals surface area contributed by atoms with Crippen LogP contribution in [0.5, 0.6) is 0 Å². The van der Waals surface area contributed by atoms with Crippen molar-refractivity contribution in [1.82, 2.24) is 0 Å². The van der Waals surface area contributed by atoms with Crippen LogP contribution in [-0.2, 0) is 27.9 Å².